The van der Waals surface area contributed by atoms with Gasteiger partial charge in [-0.05, 0) is 26.0 Å². The summed E-state index contributed by atoms with van der Waals surface area (Å²) in [6, 6.07) is 7.40. The number of nitrogens with zero attached hydrogens (tertiary/aromatic N) is 1. The maximum absolute atomic E-state index is 11.1. The molecule has 0 unspecified atom stereocenters. The van der Waals surface area contributed by atoms with Crippen LogP contribution < -0.4 is 0 Å². The van der Waals surface area contributed by atoms with Crippen molar-refractivity contribution in [3.05, 3.63) is 35.5 Å². The lowest BCUT2D eigenvalue weighted by Gasteiger charge is -2.06. The minimum atomic E-state index is -0.867. The summed E-state index contributed by atoms with van der Waals surface area (Å²) in [6.07, 6.45) is 0. The van der Waals surface area contributed by atoms with Gasteiger partial charge < -0.3 is 9.67 Å². The van der Waals surface area contributed by atoms with Gasteiger partial charge in [0, 0.05) is 17.6 Å². The maximum Gasteiger partial charge on any atom is 0.337 e. The van der Waals surface area contributed by atoms with E-state index in [9.17, 15) is 4.79 Å². The molecule has 1 heterocycles. The van der Waals surface area contributed by atoms with Crippen molar-refractivity contribution in [2.24, 2.45) is 0 Å². The summed E-state index contributed by atoms with van der Waals surface area (Å²) in [7, 11) is 0. The second-order valence-corrected chi connectivity index (χ2v) is 3.58. The first-order chi connectivity index (χ1) is 7.15. The van der Waals surface area contributed by atoms with Gasteiger partial charge in [-0.2, -0.15) is 0 Å². The minimum absolute atomic E-state index is 0.377. The topological polar surface area (TPSA) is 42.2 Å². The number of para-hydroxylation sites is 1. The second kappa shape index (κ2) is 3.42. The molecule has 3 nitrogen and oxygen atoms in total. The first kappa shape index (κ1) is 9.77. The number of rotatable bonds is 2. The van der Waals surface area contributed by atoms with E-state index in [1.807, 2.05) is 30.5 Å². The van der Waals surface area contributed by atoms with Crippen LogP contribution >= 0.6 is 0 Å². The highest BCUT2D eigenvalue weighted by Crippen LogP contribution is 2.23. The van der Waals surface area contributed by atoms with Gasteiger partial charge in [0.15, 0.2) is 0 Å². The van der Waals surface area contributed by atoms with Gasteiger partial charge in [-0.1, -0.05) is 12.1 Å². The Morgan fingerprint density at radius 3 is 2.80 bits per heavy atom. The van der Waals surface area contributed by atoms with Crippen molar-refractivity contribution in [3.63, 3.8) is 0 Å². The third-order valence-corrected chi connectivity index (χ3v) is 2.67. The number of fused-ring (bicyclic) bond motifs is 1. The van der Waals surface area contributed by atoms with Crippen molar-refractivity contribution in [3.8, 4) is 0 Å². The minimum Gasteiger partial charge on any atom is -0.478 e. The molecular weight excluding hydrogens is 190 g/mol. The average Bonchev–Trinajstić information content (AvgIpc) is 2.52. The van der Waals surface area contributed by atoms with Gasteiger partial charge in [-0.25, -0.2) is 4.79 Å². The molecule has 0 aliphatic rings. The van der Waals surface area contributed by atoms with Gasteiger partial charge in [-0.3, -0.25) is 0 Å². The SMILES string of the molecule is CCn1c(C)cc2cccc(C(=O)O)c21. The molecule has 3 heteroatoms. The standard InChI is InChI=1S/C12H13NO2/c1-3-13-8(2)7-9-5-4-6-10(11(9)13)12(14)15/h4-7H,3H2,1-2H3,(H,14,15). The monoisotopic (exact) mass is 203 g/mol. The van der Waals surface area contributed by atoms with Crippen LogP contribution in [-0.4, -0.2) is 15.6 Å². The van der Waals surface area contributed by atoms with E-state index in [2.05, 4.69) is 0 Å². The van der Waals surface area contributed by atoms with Crippen molar-refractivity contribution in [2.45, 2.75) is 20.4 Å². The van der Waals surface area contributed by atoms with Crippen LogP contribution in [0.2, 0.25) is 0 Å². The molecule has 2 rings (SSSR count). The molecular formula is C12H13NO2. The molecule has 0 amide bonds. The van der Waals surface area contributed by atoms with Crippen LogP contribution in [0, 0.1) is 6.92 Å². The summed E-state index contributed by atoms with van der Waals surface area (Å²) in [6.45, 7) is 4.81. The average molecular weight is 203 g/mol. The molecule has 0 aliphatic heterocycles. The molecule has 2 aromatic rings. The number of aromatic nitrogens is 1. The lowest BCUT2D eigenvalue weighted by molar-refractivity contribution is 0.0698. The van der Waals surface area contributed by atoms with Crippen LogP contribution in [0.25, 0.3) is 10.9 Å². The van der Waals surface area contributed by atoms with Crippen LogP contribution in [-0.2, 0) is 6.54 Å². The van der Waals surface area contributed by atoms with E-state index < -0.39 is 5.97 Å². The molecule has 1 aromatic carbocycles. The van der Waals surface area contributed by atoms with Crippen LogP contribution in [0.3, 0.4) is 0 Å². The van der Waals surface area contributed by atoms with Gasteiger partial charge in [0.2, 0.25) is 0 Å². The van der Waals surface area contributed by atoms with Crippen molar-refractivity contribution in [1.82, 2.24) is 4.57 Å². The second-order valence-electron chi connectivity index (χ2n) is 3.58. The molecule has 1 N–H and O–H groups in total. The fourth-order valence-corrected chi connectivity index (χ4v) is 2.04. The quantitative estimate of drug-likeness (QED) is 0.815. The van der Waals surface area contributed by atoms with Gasteiger partial charge in [0.05, 0.1) is 11.1 Å². The first-order valence-electron chi connectivity index (χ1n) is 4.97. The first-order valence-corrected chi connectivity index (χ1v) is 4.97. The number of hydrogen-bond donors (Lipinski definition) is 1. The van der Waals surface area contributed by atoms with Gasteiger partial charge in [0.1, 0.15) is 0 Å². The van der Waals surface area contributed by atoms with Crippen LogP contribution in [0.4, 0.5) is 0 Å². The van der Waals surface area contributed by atoms with Crippen LogP contribution in [0.15, 0.2) is 24.3 Å². The van der Waals surface area contributed by atoms with Crippen molar-refractivity contribution < 1.29 is 9.90 Å². The lowest BCUT2D eigenvalue weighted by atomic mass is 10.1. The summed E-state index contributed by atoms with van der Waals surface area (Å²) >= 11 is 0. The largest absolute Gasteiger partial charge is 0.478 e. The van der Waals surface area contributed by atoms with E-state index in [4.69, 9.17) is 5.11 Å². The molecule has 0 bridgehead atoms. The van der Waals surface area contributed by atoms with Gasteiger partial charge >= 0.3 is 5.97 Å². The van der Waals surface area contributed by atoms with Crippen LogP contribution in [0.5, 0.6) is 0 Å². The Labute approximate surface area is 87.9 Å². The predicted molar refractivity (Wildman–Crippen MR) is 59.3 cm³/mol. The fraction of sp³-hybridized carbons (Fsp3) is 0.250. The number of benzene rings is 1. The third kappa shape index (κ3) is 1.40. The number of aryl methyl sites for hydroxylation is 2. The molecule has 0 radical (unpaired) electrons. The van der Waals surface area contributed by atoms with E-state index in [-0.39, 0.29) is 0 Å². The molecule has 0 aliphatic carbocycles. The molecule has 0 saturated carbocycles. The zero-order valence-electron chi connectivity index (χ0n) is 8.82. The van der Waals surface area contributed by atoms with E-state index in [1.54, 1.807) is 12.1 Å². The van der Waals surface area contributed by atoms with E-state index in [1.165, 1.54) is 0 Å². The normalized spacial score (nSPS) is 10.8. The molecule has 0 saturated heterocycles. The lowest BCUT2D eigenvalue weighted by Crippen LogP contribution is -2.03. The molecule has 15 heavy (non-hydrogen) atoms. The molecule has 0 atom stereocenters. The van der Waals surface area contributed by atoms with Crippen LogP contribution in [0.1, 0.15) is 23.0 Å². The summed E-state index contributed by atoms with van der Waals surface area (Å²) in [5.74, 6) is -0.867. The Bertz CT molecular complexity index is 526. The molecule has 0 fully saturated rings. The Kier molecular flexibility index (Phi) is 2.23. The zero-order valence-corrected chi connectivity index (χ0v) is 8.82. The highest BCUT2D eigenvalue weighted by atomic mass is 16.4. The number of aromatic carboxylic acids is 1. The number of carboxylic acid groups (broad SMARTS) is 1. The molecule has 1 aromatic heterocycles. The Hall–Kier alpha value is -1.77. The maximum atomic E-state index is 11.1. The molecule has 0 spiro atoms. The number of carbonyl (C=O) groups is 1. The van der Waals surface area contributed by atoms with Crippen molar-refractivity contribution >= 4 is 16.9 Å². The Morgan fingerprint density at radius 1 is 1.47 bits per heavy atom. The molecule has 78 valence electrons. The Morgan fingerprint density at radius 2 is 2.20 bits per heavy atom. The number of hydrogen-bond acceptors (Lipinski definition) is 1. The van der Waals surface area contributed by atoms with Gasteiger partial charge in [-0.15, -0.1) is 0 Å². The van der Waals surface area contributed by atoms with E-state index in [0.717, 1.165) is 23.1 Å². The highest BCUT2D eigenvalue weighted by Gasteiger charge is 2.12. The Balaban J connectivity index is 2.87. The third-order valence-electron chi connectivity index (χ3n) is 2.67. The predicted octanol–water partition coefficient (Wildman–Crippen LogP) is 2.67. The summed E-state index contributed by atoms with van der Waals surface area (Å²) < 4.78 is 2.03. The summed E-state index contributed by atoms with van der Waals surface area (Å²) in [5.41, 5.74) is 2.30. The summed E-state index contributed by atoms with van der Waals surface area (Å²) in [5, 5.41) is 10.1. The zero-order chi connectivity index (χ0) is 11.0. The fourth-order valence-electron chi connectivity index (χ4n) is 2.04. The van der Waals surface area contributed by atoms with Gasteiger partial charge in [0.25, 0.3) is 0 Å². The van der Waals surface area contributed by atoms with Crippen molar-refractivity contribution in [2.75, 3.05) is 0 Å². The van der Waals surface area contributed by atoms with Crippen molar-refractivity contribution in [1.29, 1.82) is 0 Å². The summed E-state index contributed by atoms with van der Waals surface area (Å²) in [4.78, 5) is 11.1. The van der Waals surface area contributed by atoms with E-state index in [0.29, 0.717) is 5.56 Å². The highest BCUT2D eigenvalue weighted by molar-refractivity contribution is 6.02. The number of carboxylic acids is 1. The smallest absolute Gasteiger partial charge is 0.337 e. The van der Waals surface area contributed by atoms with E-state index >= 15 is 0 Å².